The Hall–Kier alpha value is -0.570. The Morgan fingerprint density at radius 1 is 1.60 bits per heavy atom. The molecule has 1 N–H and O–H groups in total. The Labute approximate surface area is 60.0 Å². The van der Waals surface area contributed by atoms with Crippen LogP contribution in [-0.2, 0) is 9.53 Å². The van der Waals surface area contributed by atoms with Gasteiger partial charge in [-0.25, -0.2) is 4.79 Å². The summed E-state index contributed by atoms with van der Waals surface area (Å²) in [6.45, 7) is 1.91. The molecule has 0 radical (unpaired) electrons. The molecule has 3 heteroatoms. The number of carbonyl (C=O) groups is 1. The van der Waals surface area contributed by atoms with Gasteiger partial charge in [-0.05, 0) is 26.2 Å². The predicted octanol–water partition coefficient (Wildman–Crippen LogP) is 1.03. The molecule has 3 nitrogen and oxygen atoms in total. The topological polar surface area (TPSA) is 46.5 Å². The summed E-state index contributed by atoms with van der Waals surface area (Å²) in [6.07, 6.45) is 2.19. The van der Waals surface area contributed by atoms with Crippen LogP contribution in [0, 0.1) is 0 Å². The van der Waals surface area contributed by atoms with Gasteiger partial charge in [0, 0.05) is 0 Å². The third-order valence-electron chi connectivity index (χ3n) is 1.75. The van der Waals surface area contributed by atoms with Crippen LogP contribution in [0.5, 0.6) is 0 Å². The number of carboxylic acids is 1. The van der Waals surface area contributed by atoms with E-state index in [2.05, 4.69) is 0 Å². The van der Waals surface area contributed by atoms with Crippen molar-refractivity contribution in [2.24, 2.45) is 0 Å². The minimum Gasteiger partial charge on any atom is -0.479 e. The molecule has 0 aliphatic carbocycles. The summed E-state index contributed by atoms with van der Waals surface area (Å²) in [5, 5.41) is 8.53. The summed E-state index contributed by atoms with van der Waals surface area (Å²) in [7, 11) is 0. The Morgan fingerprint density at radius 3 is 2.70 bits per heavy atom. The van der Waals surface area contributed by atoms with Crippen LogP contribution in [0.2, 0.25) is 0 Å². The van der Waals surface area contributed by atoms with Crippen molar-refractivity contribution in [3.63, 3.8) is 0 Å². The van der Waals surface area contributed by atoms with Crippen LogP contribution in [0.1, 0.15) is 26.2 Å². The molecule has 0 aromatic rings. The van der Waals surface area contributed by atoms with Crippen LogP contribution < -0.4 is 0 Å². The average molecular weight is 144 g/mol. The van der Waals surface area contributed by atoms with E-state index >= 15 is 0 Å². The Bertz CT molecular complexity index is 133. The molecule has 0 aromatic heterocycles. The molecule has 1 fully saturated rings. The highest BCUT2D eigenvalue weighted by atomic mass is 16.5. The van der Waals surface area contributed by atoms with Crippen molar-refractivity contribution >= 4 is 5.97 Å². The lowest BCUT2D eigenvalue weighted by molar-refractivity contribution is -0.157. The minimum absolute atomic E-state index is 0.120. The van der Waals surface area contributed by atoms with Gasteiger partial charge in [-0.15, -0.1) is 0 Å². The smallest absolute Gasteiger partial charge is 0.332 e. The maximum atomic E-state index is 10.4. The minimum atomic E-state index is -0.827. The van der Waals surface area contributed by atoms with Crippen molar-refractivity contribution in [2.45, 2.75) is 38.4 Å². The summed E-state index contributed by atoms with van der Waals surface area (Å²) in [6, 6.07) is 0. The molecule has 0 amide bonds. The van der Waals surface area contributed by atoms with E-state index in [0.29, 0.717) is 6.42 Å². The van der Waals surface area contributed by atoms with Crippen molar-refractivity contribution in [1.29, 1.82) is 0 Å². The monoisotopic (exact) mass is 144 g/mol. The second-order valence-corrected chi connectivity index (χ2v) is 2.70. The maximum absolute atomic E-state index is 10.4. The van der Waals surface area contributed by atoms with Crippen molar-refractivity contribution in [3.8, 4) is 0 Å². The Morgan fingerprint density at radius 2 is 2.30 bits per heavy atom. The molecule has 10 heavy (non-hydrogen) atoms. The fraction of sp³-hybridized carbons (Fsp3) is 0.857. The lowest BCUT2D eigenvalue weighted by Gasteiger charge is -2.24. The van der Waals surface area contributed by atoms with Crippen LogP contribution in [0.15, 0.2) is 0 Å². The fourth-order valence-electron chi connectivity index (χ4n) is 1.19. The first-order valence-electron chi connectivity index (χ1n) is 3.58. The summed E-state index contributed by atoms with van der Waals surface area (Å²) in [5.74, 6) is -0.827. The molecular weight excluding hydrogens is 132 g/mol. The van der Waals surface area contributed by atoms with E-state index in [0.717, 1.165) is 12.8 Å². The molecule has 2 unspecified atom stereocenters. The molecule has 1 heterocycles. The van der Waals surface area contributed by atoms with E-state index in [1.165, 1.54) is 0 Å². The first-order valence-corrected chi connectivity index (χ1v) is 3.58. The Kier molecular flexibility index (Phi) is 2.27. The molecule has 0 saturated carbocycles. The molecule has 1 saturated heterocycles. The largest absolute Gasteiger partial charge is 0.479 e. The number of aliphatic carboxylic acids is 1. The summed E-state index contributed by atoms with van der Waals surface area (Å²) >= 11 is 0. The van der Waals surface area contributed by atoms with Gasteiger partial charge in [0.25, 0.3) is 0 Å². The zero-order valence-electron chi connectivity index (χ0n) is 6.04. The van der Waals surface area contributed by atoms with Crippen LogP contribution in [-0.4, -0.2) is 23.3 Å². The quantitative estimate of drug-likeness (QED) is 0.597. The fourth-order valence-corrected chi connectivity index (χ4v) is 1.19. The third-order valence-corrected chi connectivity index (χ3v) is 1.75. The molecule has 58 valence electrons. The third kappa shape index (κ3) is 1.70. The first-order chi connectivity index (χ1) is 4.70. The molecule has 0 aromatic carbocycles. The normalized spacial score (nSPS) is 33.7. The van der Waals surface area contributed by atoms with Gasteiger partial charge in [-0.2, -0.15) is 0 Å². The first kappa shape index (κ1) is 7.54. The van der Waals surface area contributed by atoms with E-state index in [4.69, 9.17) is 9.84 Å². The summed E-state index contributed by atoms with van der Waals surface area (Å²) in [5.41, 5.74) is 0. The molecule has 2 atom stereocenters. The molecular formula is C7H12O3. The van der Waals surface area contributed by atoms with E-state index in [1.807, 2.05) is 6.92 Å². The standard InChI is InChI=1S/C7H12O3/c1-5-3-2-4-6(10-5)7(8)9/h5-6H,2-4H2,1H3,(H,8,9). The van der Waals surface area contributed by atoms with Crippen molar-refractivity contribution in [1.82, 2.24) is 0 Å². The van der Waals surface area contributed by atoms with Crippen molar-refractivity contribution < 1.29 is 14.6 Å². The van der Waals surface area contributed by atoms with Gasteiger partial charge in [0.2, 0.25) is 0 Å². The van der Waals surface area contributed by atoms with E-state index in [-0.39, 0.29) is 6.10 Å². The van der Waals surface area contributed by atoms with Crippen LogP contribution in [0.3, 0.4) is 0 Å². The van der Waals surface area contributed by atoms with Gasteiger partial charge in [0.05, 0.1) is 6.10 Å². The van der Waals surface area contributed by atoms with Gasteiger partial charge in [0.15, 0.2) is 6.10 Å². The van der Waals surface area contributed by atoms with E-state index in [9.17, 15) is 4.79 Å². The van der Waals surface area contributed by atoms with E-state index < -0.39 is 12.1 Å². The molecule has 0 bridgehead atoms. The van der Waals surface area contributed by atoms with Gasteiger partial charge < -0.3 is 9.84 Å². The SMILES string of the molecule is CC1CCCC(C(=O)O)O1. The highest BCUT2D eigenvalue weighted by molar-refractivity contribution is 5.72. The lowest BCUT2D eigenvalue weighted by Crippen LogP contribution is -2.31. The van der Waals surface area contributed by atoms with Crippen LogP contribution in [0.4, 0.5) is 0 Å². The predicted molar refractivity (Wildman–Crippen MR) is 35.8 cm³/mol. The van der Waals surface area contributed by atoms with Gasteiger partial charge >= 0.3 is 5.97 Å². The molecule has 1 rings (SSSR count). The van der Waals surface area contributed by atoms with Gasteiger partial charge in [-0.1, -0.05) is 0 Å². The molecule has 1 aliphatic rings. The summed E-state index contributed by atoms with van der Waals surface area (Å²) < 4.78 is 5.15. The number of rotatable bonds is 1. The van der Waals surface area contributed by atoms with Crippen LogP contribution in [0.25, 0.3) is 0 Å². The Balaban J connectivity index is 2.39. The molecule has 0 spiro atoms. The maximum Gasteiger partial charge on any atom is 0.332 e. The summed E-state index contributed by atoms with van der Waals surface area (Å²) in [4.78, 5) is 10.4. The van der Waals surface area contributed by atoms with Crippen molar-refractivity contribution in [2.75, 3.05) is 0 Å². The average Bonchev–Trinajstić information content (AvgIpc) is 1.88. The number of hydrogen-bond acceptors (Lipinski definition) is 2. The zero-order chi connectivity index (χ0) is 7.56. The van der Waals surface area contributed by atoms with E-state index in [1.54, 1.807) is 0 Å². The van der Waals surface area contributed by atoms with Gasteiger partial charge in [0.1, 0.15) is 0 Å². The lowest BCUT2D eigenvalue weighted by atomic mass is 10.1. The number of carboxylic acid groups (broad SMARTS) is 1. The zero-order valence-corrected chi connectivity index (χ0v) is 6.04. The van der Waals surface area contributed by atoms with Crippen LogP contribution >= 0.6 is 0 Å². The number of hydrogen-bond donors (Lipinski definition) is 1. The second-order valence-electron chi connectivity index (χ2n) is 2.70. The van der Waals surface area contributed by atoms with Gasteiger partial charge in [-0.3, -0.25) is 0 Å². The second kappa shape index (κ2) is 3.01. The highest BCUT2D eigenvalue weighted by Crippen LogP contribution is 2.18. The highest BCUT2D eigenvalue weighted by Gasteiger charge is 2.24. The molecule has 1 aliphatic heterocycles. The van der Waals surface area contributed by atoms with Crippen molar-refractivity contribution in [3.05, 3.63) is 0 Å². The number of ether oxygens (including phenoxy) is 1.